The number of ketones is 1. The van der Waals surface area contributed by atoms with Crippen LogP contribution < -0.4 is 58.6 Å². The van der Waals surface area contributed by atoms with E-state index in [0.29, 0.717) is 35.2 Å². The van der Waals surface area contributed by atoms with E-state index in [1.807, 2.05) is 193 Å². The number of nitrogens with one attached hydrogen (secondary N) is 9. The van der Waals surface area contributed by atoms with Gasteiger partial charge < -0.3 is 66.0 Å². The number of pyridine rings is 8. The Balaban J connectivity index is 0.000000126. The molecule has 18 aromatic rings. The molecule has 2 aliphatic rings. The minimum Gasteiger partial charge on any atom is -0.377 e. The molecule has 0 spiro atoms. The highest BCUT2D eigenvalue weighted by Crippen LogP contribution is 2.35. The van der Waals surface area contributed by atoms with Crippen LogP contribution in [0.4, 0.5) is 56.9 Å². The number of fused-ring (bicyclic) bond motifs is 4. The summed E-state index contributed by atoms with van der Waals surface area (Å²) in [5.41, 5.74) is 21.9. The van der Waals surface area contributed by atoms with Crippen LogP contribution in [0.25, 0.3) is 67.6 Å². The van der Waals surface area contributed by atoms with Gasteiger partial charge in [0.25, 0.3) is 11.8 Å². The number of anilines is 10. The molecule has 9 N–H and O–H groups in total. The lowest BCUT2D eigenvalue weighted by Gasteiger charge is -2.39. The number of hydrogen-bond acceptors (Lipinski definition) is 19. The Labute approximate surface area is 784 Å². The SMILES string of the molecule is CCC(CC)N1CCN(c2ccc(Nc3ccc(-c4cc[nH]c(=O)c4)n4ccnc34)cc2)CC1.CN(CCCNC(=O)c1ccc(Nc2ccc(-c3cc[nH]c(=O)c3)n3ccnc23)cc1)c1ccccc1.COCC(=O)c1ccc(Nc2ccc(-c3cc[nH]c(=O)c3)n3ccnc23)cc1.O=C(c1ccc(Nc2ccc(-c3cc[nH]c(=O)c3)n3ccnc23)cc1)N1CCC(c2ccccc2)CC1. The third kappa shape index (κ3) is 21.8. The first-order valence-electron chi connectivity index (χ1n) is 45.5. The number of carbonyl (C=O) groups excluding carboxylic acids is 3. The fourth-order valence-corrected chi connectivity index (χ4v) is 17.4. The van der Waals surface area contributed by atoms with Crippen LogP contribution in [0.3, 0.4) is 0 Å². The fraction of sp³-hybridized carbons (Fsp3) is 0.187. The number of methoxy groups -OCH3 is 1. The number of nitrogens with zero attached hydrogens (tertiary/aromatic N) is 12. The van der Waals surface area contributed by atoms with Crippen molar-refractivity contribution in [3.05, 3.63) is 393 Å². The summed E-state index contributed by atoms with van der Waals surface area (Å²) in [6.07, 6.45) is 26.3. The number of H-pyrrole nitrogens is 4. The number of likely N-dealkylation sites (tertiary alicyclic amines) is 1. The lowest BCUT2D eigenvalue weighted by Crippen LogP contribution is -2.50. The predicted molar refractivity (Wildman–Crippen MR) is 539 cm³/mol. The van der Waals surface area contributed by atoms with E-state index in [0.717, 1.165) is 184 Å². The molecule has 2 fully saturated rings. The number of piperazine rings is 1. The highest BCUT2D eigenvalue weighted by Gasteiger charge is 2.27. The number of imidazole rings is 4. The van der Waals surface area contributed by atoms with Crippen molar-refractivity contribution in [2.75, 3.05) is 104 Å². The molecule has 0 aliphatic carbocycles. The molecule has 0 bridgehead atoms. The third-order valence-electron chi connectivity index (χ3n) is 24.6. The van der Waals surface area contributed by atoms with E-state index in [1.165, 1.54) is 31.2 Å². The second kappa shape index (κ2) is 43.1. The standard InChI is InChI=1S/C30H27N5O2.C29H28N6O2.C27H32N6O.C21H18N4O3/c36-28-20-24(12-15-31-28)27-11-10-26(29-32-16-19-35(27)29)33-25-8-6-23(7-9-25)30(37)34-17-13-22(14-18-34)21-4-2-1-3-5-21;1-34(24-6-3-2-4-7-24)18-5-15-32-29(37)21-8-10-23(11-9-21)33-25-12-13-26(35-19-17-31-28(25)35)22-14-16-30-27(36)20-22;1-3-22(4-2)31-15-17-32(18-16-31)23-7-5-21(6-8-23)30-24-9-10-25(33-14-13-29-27(24)33)20-11-12-28-26(34)19-20;1-28-13-19(26)14-2-4-16(5-3-14)24-17-6-7-18(25-11-10-23-21(17)25)15-8-9-22-20(27)12-15/h1-12,15-16,19-20,22,33H,13-14,17-18H2,(H,31,36);2-4,6-14,16-17,19-20,33H,5,15,18H2,1H3,(H,30,36)(H,32,37);5-14,19,22,30H,3-4,15-18H2,1-2H3,(H,28,34);2-12,24H,13H2,1H3,(H,22,27). The van der Waals surface area contributed by atoms with Gasteiger partial charge in [-0.1, -0.05) is 62.4 Å². The van der Waals surface area contributed by atoms with E-state index in [1.54, 1.807) is 98.1 Å². The number of aromatic nitrogens is 12. The smallest absolute Gasteiger partial charge is 0.253 e. The van der Waals surface area contributed by atoms with E-state index in [9.17, 15) is 33.6 Å². The van der Waals surface area contributed by atoms with Crippen molar-refractivity contribution in [3.8, 4) is 45.0 Å². The number of ether oxygens (including phenoxy) is 1. The summed E-state index contributed by atoms with van der Waals surface area (Å²) in [6, 6.07) is 81.7. The summed E-state index contributed by atoms with van der Waals surface area (Å²) in [4.78, 5) is 122. The second-order valence-electron chi connectivity index (χ2n) is 33.3. The van der Waals surface area contributed by atoms with Gasteiger partial charge in [0.2, 0.25) is 22.2 Å². The third-order valence-corrected chi connectivity index (χ3v) is 24.6. The van der Waals surface area contributed by atoms with Crippen molar-refractivity contribution in [1.29, 1.82) is 0 Å². The number of benzene rings is 6. The van der Waals surface area contributed by atoms with Gasteiger partial charge in [-0.2, -0.15) is 0 Å². The number of hydrogen-bond donors (Lipinski definition) is 9. The first-order valence-corrected chi connectivity index (χ1v) is 45.5. The maximum atomic E-state index is 13.1. The lowest BCUT2D eigenvalue weighted by molar-refractivity contribution is 0.0712. The predicted octanol–water partition coefficient (Wildman–Crippen LogP) is 18.1. The molecule has 0 radical (unpaired) electrons. The van der Waals surface area contributed by atoms with Crippen molar-refractivity contribution in [2.45, 2.75) is 57.9 Å². The van der Waals surface area contributed by atoms with Gasteiger partial charge in [0.05, 0.1) is 45.5 Å². The molecule has 0 atom stereocenters. The van der Waals surface area contributed by atoms with Gasteiger partial charge in [-0.25, -0.2) is 19.9 Å². The highest BCUT2D eigenvalue weighted by molar-refractivity contribution is 5.98. The molecule has 14 heterocycles. The zero-order valence-electron chi connectivity index (χ0n) is 75.9. The average molecular weight is 1810 g/mol. The molecule has 0 saturated carbocycles. The van der Waals surface area contributed by atoms with Crippen LogP contribution >= 0.6 is 0 Å². The summed E-state index contributed by atoms with van der Waals surface area (Å²) in [5.74, 6) is 0.444. The Morgan fingerprint density at radius 2 is 0.794 bits per heavy atom. The largest absolute Gasteiger partial charge is 0.377 e. The summed E-state index contributed by atoms with van der Waals surface area (Å²) in [6.45, 7) is 12.1. The number of para-hydroxylation sites is 1. The van der Waals surface area contributed by atoms with Crippen molar-refractivity contribution >= 4 is 97.1 Å². The molecule has 12 aromatic heterocycles. The molecular weight excluding hydrogens is 1710 g/mol. The van der Waals surface area contributed by atoms with Crippen molar-refractivity contribution < 1.29 is 19.1 Å². The van der Waals surface area contributed by atoms with Gasteiger partial charge in [-0.3, -0.25) is 56.1 Å². The molecule has 2 saturated heterocycles. The molecule has 2 aliphatic heterocycles. The lowest BCUT2D eigenvalue weighted by atomic mass is 9.89. The topological polar surface area (TPSA) is 334 Å². The van der Waals surface area contributed by atoms with Gasteiger partial charge in [0.1, 0.15) is 6.61 Å². The Morgan fingerprint density at radius 1 is 0.426 bits per heavy atom. The Bertz CT molecular complexity index is 7400. The number of aromatic amines is 4. The van der Waals surface area contributed by atoms with Crippen molar-refractivity contribution in [2.24, 2.45) is 0 Å². The number of carbonyl (C=O) groups is 3. The molecule has 29 heteroatoms. The summed E-state index contributed by atoms with van der Waals surface area (Å²) >= 11 is 0. The van der Waals surface area contributed by atoms with Gasteiger partial charge in [-0.15, -0.1) is 0 Å². The van der Waals surface area contributed by atoms with Crippen molar-refractivity contribution in [1.82, 2.24) is 72.6 Å². The van der Waals surface area contributed by atoms with Crippen LogP contribution in [-0.2, 0) is 4.74 Å². The molecule has 2 amide bonds. The van der Waals surface area contributed by atoms with Gasteiger partial charge >= 0.3 is 0 Å². The minimum atomic E-state index is -0.156. The molecule has 686 valence electrons. The zero-order valence-corrected chi connectivity index (χ0v) is 75.9. The van der Waals surface area contributed by atoms with Gasteiger partial charge in [0, 0.05) is 244 Å². The van der Waals surface area contributed by atoms with Crippen molar-refractivity contribution in [3.63, 3.8) is 0 Å². The minimum absolute atomic E-state index is 0.0608. The zero-order chi connectivity index (χ0) is 93.8. The molecule has 6 aromatic carbocycles. The van der Waals surface area contributed by atoms with Crippen LogP contribution in [0.15, 0.2) is 348 Å². The van der Waals surface area contributed by atoms with E-state index in [4.69, 9.17) is 4.74 Å². The van der Waals surface area contributed by atoms with E-state index in [2.05, 4.69) is 163 Å². The fourth-order valence-electron chi connectivity index (χ4n) is 17.4. The van der Waals surface area contributed by atoms with Crippen LogP contribution in [0.2, 0.25) is 0 Å². The first-order chi connectivity index (χ1) is 66.5. The average Bonchev–Trinajstić information content (AvgIpc) is 1.61. The van der Waals surface area contributed by atoms with Gasteiger partial charge in [-0.05, 0) is 226 Å². The molecule has 136 heavy (non-hydrogen) atoms. The molecule has 29 nitrogen and oxygen atoms in total. The molecular formula is C107H105N21O8. The van der Waals surface area contributed by atoms with Crippen LogP contribution in [0.1, 0.15) is 88.5 Å². The Kier molecular flexibility index (Phi) is 28.8. The summed E-state index contributed by atoms with van der Waals surface area (Å²) in [7, 11) is 3.55. The first kappa shape index (κ1) is 91.1. The summed E-state index contributed by atoms with van der Waals surface area (Å²) < 4.78 is 12.7. The number of amides is 2. The number of piperidine rings is 1. The maximum absolute atomic E-state index is 13.1. The Hall–Kier alpha value is -16.8. The molecule has 20 rings (SSSR count). The highest BCUT2D eigenvalue weighted by atomic mass is 16.5. The van der Waals surface area contributed by atoms with E-state index < -0.39 is 0 Å². The normalized spacial score (nSPS) is 12.7. The van der Waals surface area contributed by atoms with E-state index in [-0.39, 0.29) is 46.4 Å². The monoisotopic (exact) mass is 1810 g/mol. The maximum Gasteiger partial charge on any atom is 0.253 e. The molecule has 0 unspecified atom stereocenters. The van der Waals surface area contributed by atoms with Crippen LogP contribution in [0.5, 0.6) is 0 Å². The van der Waals surface area contributed by atoms with Crippen LogP contribution in [0, 0.1) is 0 Å². The Morgan fingerprint density at radius 3 is 1.17 bits per heavy atom. The quantitative estimate of drug-likeness (QED) is 0.0171. The number of Topliss-reactive ketones (excluding diaryl/α,β-unsaturated/α-hetero) is 1. The second-order valence-corrected chi connectivity index (χ2v) is 33.3. The van der Waals surface area contributed by atoms with Gasteiger partial charge in [0.15, 0.2) is 28.4 Å². The summed E-state index contributed by atoms with van der Waals surface area (Å²) in [5, 5.41) is 16.6. The van der Waals surface area contributed by atoms with E-state index >= 15 is 0 Å². The van der Waals surface area contributed by atoms with Crippen LogP contribution in [-0.4, -0.2) is 164 Å². The number of rotatable bonds is 27.